The van der Waals surface area contributed by atoms with Gasteiger partial charge in [0.15, 0.2) is 6.10 Å². The molecule has 1 aromatic rings. The third kappa shape index (κ3) is 4.97. The number of hydrogen-bond acceptors (Lipinski definition) is 4. The number of aliphatic hydroxyl groups is 1. The highest BCUT2D eigenvalue weighted by molar-refractivity contribution is 5.92. The molecule has 1 aromatic heterocycles. The molecule has 0 spiro atoms. The monoisotopic (exact) mass is 362 g/mol. The number of aliphatic hydroxyl groups excluding tert-OH is 1. The number of carbonyl (C=O) groups excluding carboxylic acids is 2. The van der Waals surface area contributed by atoms with Crippen molar-refractivity contribution in [2.75, 3.05) is 6.54 Å². The normalized spacial score (nSPS) is 16.6. The molecule has 1 heterocycles. The van der Waals surface area contributed by atoms with Gasteiger partial charge in [-0.25, -0.2) is 4.79 Å². The Hall–Kier alpha value is -2.08. The maximum Gasteiger partial charge on any atom is 0.355 e. The third-order valence-electron chi connectivity index (χ3n) is 4.90. The summed E-state index contributed by atoms with van der Waals surface area (Å²) in [6, 6.07) is 0. The third-order valence-corrected chi connectivity index (χ3v) is 4.90. The van der Waals surface area contributed by atoms with Gasteiger partial charge in [-0.1, -0.05) is 11.6 Å². The SMILES string of the molecule is Cc1[nH]c(C(=O)O[C@H](C)C(=O)NCCC2=CCCCC2)c(C)c1[C@H](C)O. The average molecular weight is 362 g/mol. The Labute approximate surface area is 155 Å². The van der Waals surface area contributed by atoms with Crippen molar-refractivity contribution in [2.24, 2.45) is 0 Å². The van der Waals surface area contributed by atoms with E-state index in [1.807, 2.05) is 0 Å². The van der Waals surface area contributed by atoms with Crippen LogP contribution in [0.5, 0.6) is 0 Å². The molecule has 26 heavy (non-hydrogen) atoms. The minimum absolute atomic E-state index is 0.283. The van der Waals surface area contributed by atoms with Crippen LogP contribution in [-0.2, 0) is 9.53 Å². The number of rotatable bonds is 7. The first kappa shape index (κ1) is 20.2. The molecule has 0 unspecified atom stereocenters. The molecule has 0 saturated carbocycles. The molecule has 0 saturated heterocycles. The molecule has 0 fully saturated rings. The van der Waals surface area contributed by atoms with Gasteiger partial charge >= 0.3 is 5.97 Å². The summed E-state index contributed by atoms with van der Waals surface area (Å²) in [4.78, 5) is 27.5. The van der Waals surface area contributed by atoms with Crippen molar-refractivity contribution in [2.45, 2.75) is 72.0 Å². The predicted octanol–water partition coefficient (Wildman–Crippen LogP) is 3.24. The van der Waals surface area contributed by atoms with E-state index in [1.165, 1.54) is 18.4 Å². The first-order valence-electron chi connectivity index (χ1n) is 9.35. The van der Waals surface area contributed by atoms with Crippen molar-refractivity contribution in [1.82, 2.24) is 10.3 Å². The number of allylic oxidation sites excluding steroid dienone is 1. The van der Waals surface area contributed by atoms with Crippen LogP contribution in [0.15, 0.2) is 11.6 Å². The molecular weight excluding hydrogens is 332 g/mol. The molecule has 2 rings (SSSR count). The van der Waals surface area contributed by atoms with Gasteiger partial charge in [0.05, 0.1) is 6.10 Å². The number of hydrogen-bond donors (Lipinski definition) is 3. The summed E-state index contributed by atoms with van der Waals surface area (Å²) in [7, 11) is 0. The van der Waals surface area contributed by atoms with Gasteiger partial charge in [-0.05, 0) is 65.4 Å². The van der Waals surface area contributed by atoms with Gasteiger partial charge in [0.25, 0.3) is 5.91 Å². The maximum absolute atomic E-state index is 12.4. The zero-order valence-corrected chi connectivity index (χ0v) is 16.1. The Morgan fingerprint density at radius 2 is 2.04 bits per heavy atom. The quantitative estimate of drug-likeness (QED) is 0.513. The van der Waals surface area contributed by atoms with E-state index < -0.39 is 18.2 Å². The lowest BCUT2D eigenvalue weighted by Gasteiger charge is -2.15. The van der Waals surface area contributed by atoms with Gasteiger partial charge in [-0.15, -0.1) is 0 Å². The summed E-state index contributed by atoms with van der Waals surface area (Å²) in [6.45, 7) is 7.32. The van der Waals surface area contributed by atoms with E-state index in [4.69, 9.17) is 4.74 Å². The fraction of sp³-hybridized carbons (Fsp3) is 0.600. The molecule has 1 aliphatic carbocycles. The van der Waals surface area contributed by atoms with Gasteiger partial charge in [-0.3, -0.25) is 4.79 Å². The number of nitrogens with one attached hydrogen (secondary N) is 2. The second-order valence-electron chi connectivity index (χ2n) is 7.04. The van der Waals surface area contributed by atoms with Crippen LogP contribution in [0.2, 0.25) is 0 Å². The largest absolute Gasteiger partial charge is 0.448 e. The maximum atomic E-state index is 12.4. The predicted molar refractivity (Wildman–Crippen MR) is 100.0 cm³/mol. The Morgan fingerprint density at radius 3 is 2.62 bits per heavy atom. The summed E-state index contributed by atoms with van der Waals surface area (Å²) in [5.74, 6) is -0.887. The number of ether oxygens (including phenoxy) is 1. The van der Waals surface area contributed by atoms with Crippen molar-refractivity contribution in [3.8, 4) is 0 Å². The van der Waals surface area contributed by atoms with Crippen LogP contribution < -0.4 is 5.32 Å². The molecule has 0 radical (unpaired) electrons. The second kappa shape index (κ2) is 9.03. The molecular formula is C20H30N2O4. The highest BCUT2D eigenvalue weighted by Gasteiger charge is 2.24. The summed E-state index contributed by atoms with van der Waals surface area (Å²) < 4.78 is 5.29. The van der Waals surface area contributed by atoms with Gasteiger partial charge in [-0.2, -0.15) is 0 Å². The van der Waals surface area contributed by atoms with Crippen molar-refractivity contribution < 1.29 is 19.4 Å². The van der Waals surface area contributed by atoms with Crippen molar-refractivity contribution >= 4 is 11.9 Å². The van der Waals surface area contributed by atoms with Crippen LogP contribution >= 0.6 is 0 Å². The Kier molecular flexibility index (Phi) is 7.03. The average Bonchev–Trinajstić information content (AvgIpc) is 2.90. The van der Waals surface area contributed by atoms with Crippen LogP contribution in [0, 0.1) is 13.8 Å². The zero-order valence-electron chi connectivity index (χ0n) is 16.1. The number of H-pyrrole nitrogens is 1. The number of amides is 1. The molecule has 1 amide bonds. The van der Waals surface area contributed by atoms with Crippen LogP contribution in [0.3, 0.4) is 0 Å². The van der Waals surface area contributed by atoms with Gasteiger partial charge < -0.3 is 20.1 Å². The van der Waals surface area contributed by atoms with E-state index in [1.54, 1.807) is 27.7 Å². The smallest absolute Gasteiger partial charge is 0.355 e. The van der Waals surface area contributed by atoms with E-state index in [2.05, 4.69) is 16.4 Å². The lowest BCUT2D eigenvalue weighted by atomic mass is 9.97. The van der Waals surface area contributed by atoms with E-state index in [0.29, 0.717) is 17.7 Å². The number of esters is 1. The van der Waals surface area contributed by atoms with Crippen molar-refractivity contribution in [1.29, 1.82) is 0 Å². The summed E-state index contributed by atoms with van der Waals surface area (Å²) >= 11 is 0. The summed E-state index contributed by atoms with van der Waals surface area (Å²) in [5.41, 5.74) is 3.74. The van der Waals surface area contributed by atoms with E-state index in [9.17, 15) is 14.7 Å². The molecule has 3 N–H and O–H groups in total. The van der Waals surface area contributed by atoms with E-state index in [0.717, 1.165) is 25.0 Å². The van der Waals surface area contributed by atoms with Gasteiger partial charge in [0, 0.05) is 17.8 Å². The number of aromatic amines is 1. The molecule has 6 nitrogen and oxygen atoms in total. The van der Waals surface area contributed by atoms with Gasteiger partial charge in [0.2, 0.25) is 0 Å². The minimum Gasteiger partial charge on any atom is -0.448 e. The molecule has 1 aliphatic rings. The fourth-order valence-corrected chi connectivity index (χ4v) is 3.49. The van der Waals surface area contributed by atoms with Crippen LogP contribution in [0.25, 0.3) is 0 Å². The van der Waals surface area contributed by atoms with E-state index in [-0.39, 0.29) is 11.6 Å². The van der Waals surface area contributed by atoms with Crippen LogP contribution in [0.1, 0.15) is 79.4 Å². The Morgan fingerprint density at radius 1 is 1.31 bits per heavy atom. The van der Waals surface area contributed by atoms with Crippen LogP contribution in [0.4, 0.5) is 0 Å². The molecule has 6 heteroatoms. The fourth-order valence-electron chi connectivity index (χ4n) is 3.49. The Bertz CT molecular complexity index is 688. The minimum atomic E-state index is -0.874. The molecule has 0 aromatic carbocycles. The molecule has 2 atom stereocenters. The second-order valence-corrected chi connectivity index (χ2v) is 7.04. The number of aromatic nitrogens is 1. The summed E-state index contributed by atoms with van der Waals surface area (Å²) in [6.07, 6.45) is 6.25. The first-order chi connectivity index (χ1) is 12.3. The molecule has 0 aliphatic heterocycles. The van der Waals surface area contributed by atoms with Crippen molar-refractivity contribution in [3.63, 3.8) is 0 Å². The topological polar surface area (TPSA) is 91.4 Å². The van der Waals surface area contributed by atoms with Crippen LogP contribution in [-0.4, -0.2) is 34.6 Å². The van der Waals surface area contributed by atoms with Crippen molar-refractivity contribution in [3.05, 3.63) is 34.2 Å². The lowest BCUT2D eigenvalue weighted by molar-refractivity contribution is -0.129. The lowest BCUT2D eigenvalue weighted by Crippen LogP contribution is -2.36. The standard InChI is InChI=1S/C20H30N2O4/c1-12-17(14(3)23)13(2)22-18(12)20(25)26-15(4)19(24)21-11-10-16-8-6-5-7-9-16/h8,14-15,22-23H,5-7,9-11H2,1-4H3,(H,21,24)/t14-,15+/m0/s1. The molecule has 144 valence electrons. The molecule has 0 bridgehead atoms. The highest BCUT2D eigenvalue weighted by atomic mass is 16.5. The number of carbonyl (C=O) groups is 2. The summed E-state index contributed by atoms with van der Waals surface area (Å²) in [5, 5.41) is 12.6. The zero-order chi connectivity index (χ0) is 19.3. The first-order valence-corrected chi connectivity index (χ1v) is 9.35. The Balaban J connectivity index is 1.87. The van der Waals surface area contributed by atoms with E-state index >= 15 is 0 Å². The van der Waals surface area contributed by atoms with Gasteiger partial charge in [0.1, 0.15) is 5.69 Å². The number of aryl methyl sites for hydroxylation is 1. The highest BCUT2D eigenvalue weighted by Crippen LogP contribution is 2.25.